The predicted molar refractivity (Wildman–Crippen MR) is 156 cm³/mol. The highest BCUT2D eigenvalue weighted by Gasteiger charge is 2.45. The van der Waals surface area contributed by atoms with Gasteiger partial charge >= 0.3 is 0 Å². The zero-order chi connectivity index (χ0) is 27.2. The topological polar surface area (TPSA) is 89.6 Å². The number of rotatable bonds is 10. The third kappa shape index (κ3) is 7.15. The van der Waals surface area contributed by atoms with Gasteiger partial charge in [-0.15, -0.1) is 0 Å². The first-order chi connectivity index (χ1) is 18.2. The number of nitrogens with zero attached hydrogens (tertiary/aromatic N) is 4. The van der Waals surface area contributed by atoms with E-state index in [0.29, 0.717) is 6.61 Å². The smallest absolute Gasteiger partial charge is 0.152 e. The fourth-order valence-corrected chi connectivity index (χ4v) is 5.09. The Balaban J connectivity index is 1.46. The summed E-state index contributed by atoms with van der Waals surface area (Å²) in [6.07, 6.45) is 8.52. The van der Waals surface area contributed by atoms with E-state index in [2.05, 4.69) is 95.0 Å². The second kappa shape index (κ2) is 12.3. The van der Waals surface area contributed by atoms with Gasteiger partial charge in [0, 0.05) is 43.8 Å². The average molecular weight is 523 g/mol. The number of hydrogen-bond acceptors (Lipinski definition) is 9. The number of nitrogens with one attached hydrogen (secondary N) is 4. The van der Waals surface area contributed by atoms with E-state index >= 15 is 0 Å². The van der Waals surface area contributed by atoms with Gasteiger partial charge in [0.05, 0.1) is 36.0 Å². The van der Waals surface area contributed by atoms with Crippen molar-refractivity contribution in [3.8, 4) is 0 Å². The lowest BCUT2D eigenvalue weighted by Crippen LogP contribution is -2.54. The number of hydrogen-bond donors (Lipinski definition) is 4. The Hall–Kier alpha value is -2.88. The lowest BCUT2D eigenvalue weighted by atomic mass is 9.71. The molecular weight excluding hydrogens is 476 g/mol. The first-order valence-electron chi connectivity index (χ1n) is 13.8. The maximum absolute atomic E-state index is 6.32. The Morgan fingerprint density at radius 2 is 1.97 bits per heavy atom. The minimum Gasteiger partial charge on any atom is -0.375 e. The van der Waals surface area contributed by atoms with Crippen LogP contribution >= 0.6 is 0 Å². The average Bonchev–Trinajstić information content (AvgIpc) is 2.90. The third-order valence-electron chi connectivity index (χ3n) is 7.89. The molecule has 4 heterocycles. The largest absolute Gasteiger partial charge is 0.375 e. The van der Waals surface area contributed by atoms with Crippen LogP contribution < -0.4 is 26.2 Å². The number of aromatic nitrogens is 2. The number of likely N-dealkylation sites (N-methyl/N-ethyl adjacent to an activating group) is 1. The molecule has 1 unspecified atom stereocenters. The van der Waals surface area contributed by atoms with Crippen molar-refractivity contribution >= 4 is 17.2 Å². The molecular formula is C29H46N8O. The van der Waals surface area contributed by atoms with E-state index in [1.807, 2.05) is 36.8 Å². The Bertz CT molecular complexity index is 1050. The zero-order valence-corrected chi connectivity index (χ0v) is 23.9. The van der Waals surface area contributed by atoms with Crippen LogP contribution in [0.2, 0.25) is 0 Å². The summed E-state index contributed by atoms with van der Waals surface area (Å²) in [4.78, 5) is 13.8. The highest BCUT2D eigenvalue weighted by molar-refractivity contribution is 5.56. The van der Waals surface area contributed by atoms with Crippen molar-refractivity contribution in [1.29, 1.82) is 0 Å². The summed E-state index contributed by atoms with van der Waals surface area (Å²) in [6, 6.07) is 8.34. The maximum atomic E-state index is 6.32. The standard InChI is InChI=1S/C29H46N8O/c1-7-31-27(34-23-16-24(20-30-19-23)37-14-12-36(6)13-15-37)33-18-22(2)29(5)21-38-28(3,4)17-25(29)35-26-10-8-9-11-32-26/h8-11,16,18-20,25,27,31,33-34H,7,12-15,17,21H2,1-6H3,(H,32,35)/b22-18+/t25-,27?,29-/m1/s1. The lowest BCUT2D eigenvalue weighted by Gasteiger charge is -2.48. The number of anilines is 3. The molecule has 0 aromatic carbocycles. The van der Waals surface area contributed by atoms with Crippen LogP contribution in [0.3, 0.4) is 0 Å². The number of pyridine rings is 2. The second-order valence-corrected chi connectivity index (χ2v) is 11.4. The Labute approximate surface area is 228 Å². The van der Waals surface area contributed by atoms with E-state index in [4.69, 9.17) is 4.74 Å². The van der Waals surface area contributed by atoms with Gasteiger partial charge in [-0.05, 0) is 70.8 Å². The second-order valence-electron chi connectivity index (χ2n) is 11.4. The van der Waals surface area contributed by atoms with E-state index in [0.717, 1.165) is 56.3 Å². The van der Waals surface area contributed by atoms with E-state index in [1.54, 1.807) is 0 Å². The minimum absolute atomic E-state index is 0.147. The maximum Gasteiger partial charge on any atom is 0.152 e. The molecule has 0 saturated carbocycles. The van der Waals surface area contributed by atoms with Crippen molar-refractivity contribution in [2.45, 2.75) is 59.0 Å². The molecule has 0 bridgehead atoms. The molecule has 2 fully saturated rings. The normalized spacial score (nSPS) is 25.1. The molecule has 208 valence electrons. The van der Waals surface area contributed by atoms with Crippen molar-refractivity contribution < 1.29 is 4.74 Å². The van der Waals surface area contributed by atoms with Crippen LogP contribution in [0.1, 0.15) is 41.0 Å². The molecule has 2 saturated heterocycles. The molecule has 0 aliphatic carbocycles. The fraction of sp³-hybridized carbons (Fsp3) is 0.586. The van der Waals surface area contributed by atoms with Gasteiger partial charge in [-0.25, -0.2) is 4.98 Å². The van der Waals surface area contributed by atoms with Gasteiger partial charge in [0.2, 0.25) is 0 Å². The molecule has 9 nitrogen and oxygen atoms in total. The van der Waals surface area contributed by atoms with Crippen molar-refractivity contribution in [2.24, 2.45) is 5.41 Å². The summed E-state index contributed by atoms with van der Waals surface area (Å²) in [5.41, 5.74) is 2.95. The molecule has 9 heteroatoms. The summed E-state index contributed by atoms with van der Waals surface area (Å²) in [6.45, 7) is 16.5. The fourth-order valence-electron chi connectivity index (χ4n) is 5.09. The molecule has 0 radical (unpaired) electrons. The molecule has 3 atom stereocenters. The van der Waals surface area contributed by atoms with Crippen LogP contribution in [0, 0.1) is 5.41 Å². The molecule has 0 spiro atoms. The highest BCUT2D eigenvalue weighted by Crippen LogP contribution is 2.42. The highest BCUT2D eigenvalue weighted by atomic mass is 16.5. The van der Waals surface area contributed by atoms with Crippen LogP contribution in [0.4, 0.5) is 17.2 Å². The van der Waals surface area contributed by atoms with Gasteiger partial charge in [0.25, 0.3) is 0 Å². The van der Waals surface area contributed by atoms with E-state index in [1.165, 1.54) is 5.57 Å². The van der Waals surface area contributed by atoms with E-state index < -0.39 is 0 Å². The van der Waals surface area contributed by atoms with Crippen LogP contribution in [0.15, 0.2) is 54.6 Å². The summed E-state index contributed by atoms with van der Waals surface area (Å²) < 4.78 is 6.32. The van der Waals surface area contributed by atoms with Crippen molar-refractivity contribution in [2.75, 3.05) is 61.9 Å². The molecule has 2 aromatic rings. The van der Waals surface area contributed by atoms with Gasteiger partial charge in [0.15, 0.2) is 6.29 Å². The number of ether oxygens (including phenoxy) is 1. The first kappa shape index (κ1) is 28.1. The van der Waals surface area contributed by atoms with E-state index in [-0.39, 0.29) is 23.3 Å². The Morgan fingerprint density at radius 1 is 1.18 bits per heavy atom. The summed E-state index contributed by atoms with van der Waals surface area (Å²) in [5, 5.41) is 14.3. The molecule has 4 rings (SSSR count). The SMILES string of the molecule is CCNC(N/C=C(\C)[C@@]1(C)COC(C)(C)C[C@H]1Nc1ccccn1)Nc1cncc(N2CCN(C)CC2)c1. The Morgan fingerprint density at radius 3 is 2.68 bits per heavy atom. The molecule has 2 aromatic heterocycles. The van der Waals surface area contributed by atoms with Gasteiger partial charge < -0.3 is 30.5 Å². The van der Waals surface area contributed by atoms with E-state index in [9.17, 15) is 0 Å². The van der Waals surface area contributed by atoms with Crippen molar-refractivity contribution in [3.63, 3.8) is 0 Å². The zero-order valence-electron chi connectivity index (χ0n) is 23.9. The first-order valence-corrected chi connectivity index (χ1v) is 13.8. The van der Waals surface area contributed by atoms with Crippen LogP contribution in [-0.4, -0.2) is 79.2 Å². The molecule has 4 N–H and O–H groups in total. The van der Waals surface area contributed by atoms with Gasteiger partial charge in [-0.2, -0.15) is 0 Å². The van der Waals surface area contributed by atoms with Gasteiger partial charge in [0.1, 0.15) is 5.82 Å². The van der Waals surface area contributed by atoms with Crippen LogP contribution in [-0.2, 0) is 4.74 Å². The van der Waals surface area contributed by atoms with Gasteiger partial charge in [-0.1, -0.05) is 19.9 Å². The summed E-state index contributed by atoms with van der Waals surface area (Å²) >= 11 is 0. The predicted octanol–water partition coefficient (Wildman–Crippen LogP) is 3.71. The van der Waals surface area contributed by atoms with Crippen molar-refractivity contribution in [3.05, 3.63) is 54.6 Å². The molecule has 0 amide bonds. The van der Waals surface area contributed by atoms with Crippen LogP contribution in [0.5, 0.6) is 0 Å². The quantitative estimate of drug-likeness (QED) is 0.349. The number of piperazine rings is 1. The third-order valence-corrected chi connectivity index (χ3v) is 7.89. The lowest BCUT2D eigenvalue weighted by molar-refractivity contribution is -0.102. The van der Waals surface area contributed by atoms with Crippen molar-refractivity contribution in [1.82, 2.24) is 25.5 Å². The monoisotopic (exact) mass is 522 g/mol. The summed E-state index contributed by atoms with van der Waals surface area (Å²) in [7, 11) is 2.17. The van der Waals surface area contributed by atoms with Gasteiger partial charge in [-0.3, -0.25) is 10.3 Å². The molecule has 2 aliphatic heterocycles. The summed E-state index contributed by atoms with van der Waals surface area (Å²) in [5.74, 6) is 0.891. The molecule has 38 heavy (non-hydrogen) atoms. The van der Waals surface area contributed by atoms with Crippen LogP contribution in [0.25, 0.3) is 0 Å². The Kier molecular flexibility index (Phi) is 9.12. The minimum atomic E-state index is -0.209. The molecule has 2 aliphatic rings.